The van der Waals surface area contributed by atoms with Crippen LogP contribution in [0.4, 0.5) is 0 Å². The van der Waals surface area contributed by atoms with Crippen LogP contribution in [0.2, 0.25) is 0 Å². The first kappa shape index (κ1) is 18.7. The molecule has 0 saturated carbocycles. The first-order valence-corrected chi connectivity index (χ1v) is 9.49. The number of phenols is 5. The summed E-state index contributed by atoms with van der Waals surface area (Å²) in [6, 6.07) is 5.53. The number of nitrogens with zero attached hydrogens (tertiary/aromatic N) is 3. The fourth-order valence-corrected chi connectivity index (χ4v) is 3.71. The second kappa shape index (κ2) is 6.63. The average Bonchev–Trinajstić information content (AvgIpc) is 3.14. The summed E-state index contributed by atoms with van der Waals surface area (Å²) in [6.07, 6.45) is 5.91. The number of phenolic OH excluding ortho intramolecular Hbond substituents is 5. The third-order valence-electron chi connectivity index (χ3n) is 5.23. The minimum atomic E-state index is -1.05. The maximum Gasteiger partial charge on any atom is 0.208 e. The minimum absolute atomic E-state index is 0.190. The lowest BCUT2D eigenvalue weighted by molar-refractivity contribution is 0.329. The Labute approximate surface area is 175 Å². The topological polar surface area (TPSA) is 153 Å². The molecule has 0 unspecified atom stereocenters. The highest BCUT2D eigenvalue weighted by Gasteiger charge is 2.27. The molecule has 1 aliphatic rings. The van der Waals surface area contributed by atoms with E-state index < -0.39 is 34.3 Å². The molecule has 9 heteroatoms. The van der Waals surface area contributed by atoms with Gasteiger partial charge < -0.3 is 29.9 Å². The van der Waals surface area contributed by atoms with Crippen molar-refractivity contribution in [2.45, 2.75) is 19.8 Å². The molecule has 0 fully saturated rings. The SMILES string of the molecule is Cc1nc(-c2ccc3c4c(oc3c2)CCC=C4)nc(-c2c(O)c(O)c(O)c(O)c2O)n1. The highest BCUT2D eigenvalue weighted by molar-refractivity contribution is 5.91. The van der Waals surface area contributed by atoms with E-state index in [9.17, 15) is 25.5 Å². The second-order valence-electron chi connectivity index (χ2n) is 7.24. The van der Waals surface area contributed by atoms with E-state index in [-0.39, 0.29) is 17.5 Å². The van der Waals surface area contributed by atoms with Crippen LogP contribution in [0.25, 0.3) is 39.8 Å². The number of benzene rings is 2. The smallest absolute Gasteiger partial charge is 0.208 e. The summed E-state index contributed by atoms with van der Waals surface area (Å²) in [6.45, 7) is 1.60. The lowest BCUT2D eigenvalue weighted by Gasteiger charge is -2.12. The molecular weight excluding hydrogens is 402 g/mol. The van der Waals surface area contributed by atoms with Gasteiger partial charge in [-0.25, -0.2) is 15.0 Å². The van der Waals surface area contributed by atoms with Crippen LogP contribution in [-0.4, -0.2) is 40.5 Å². The number of rotatable bonds is 2. The third kappa shape index (κ3) is 2.82. The van der Waals surface area contributed by atoms with Crippen LogP contribution >= 0.6 is 0 Å². The van der Waals surface area contributed by atoms with Gasteiger partial charge >= 0.3 is 0 Å². The Morgan fingerprint density at radius 2 is 1.52 bits per heavy atom. The van der Waals surface area contributed by atoms with Gasteiger partial charge in [0.15, 0.2) is 23.1 Å². The number of aryl methyl sites for hydroxylation is 2. The van der Waals surface area contributed by atoms with Gasteiger partial charge in [-0.15, -0.1) is 0 Å². The molecule has 31 heavy (non-hydrogen) atoms. The average molecular weight is 419 g/mol. The van der Waals surface area contributed by atoms with Crippen molar-refractivity contribution in [3.8, 4) is 51.5 Å². The van der Waals surface area contributed by atoms with Gasteiger partial charge in [0.1, 0.15) is 22.7 Å². The zero-order chi connectivity index (χ0) is 21.9. The molecule has 156 valence electrons. The molecule has 5 rings (SSSR count). The zero-order valence-corrected chi connectivity index (χ0v) is 16.3. The number of hydrogen-bond donors (Lipinski definition) is 5. The van der Waals surface area contributed by atoms with E-state index in [2.05, 4.69) is 21.0 Å². The Morgan fingerprint density at radius 3 is 2.26 bits per heavy atom. The van der Waals surface area contributed by atoms with Crippen LogP contribution in [0.5, 0.6) is 28.7 Å². The molecule has 1 aliphatic carbocycles. The fourth-order valence-electron chi connectivity index (χ4n) is 3.71. The lowest BCUT2D eigenvalue weighted by atomic mass is 10.0. The Hall–Kier alpha value is -4.27. The van der Waals surface area contributed by atoms with Crippen molar-refractivity contribution in [2.24, 2.45) is 0 Å². The molecule has 2 aromatic heterocycles. The van der Waals surface area contributed by atoms with Gasteiger partial charge in [-0.05, 0) is 25.5 Å². The van der Waals surface area contributed by atoms with E-state index in [1.165, 1.54) is 0 Å². The molecule has 4 aromatic rings. The van der Waals surface area contributed by atoms with Gasteiger partial charge in [0.05, 0.1) is 0 Å². The van der Waals surface area contributed by atoms with Crippen LogP contribution in [0.1, 0.15) is 23.6 Å². The monoisotopic (exact) mass is 419 g/mol. The molecule has 0 bridgehead atoms. The molecule has 5 N–H and O–H groups in total. The summed E-state index contributed by atoms with van der Waals surface area (Å²) in [4.78, 5) is 12.7. The number of hydrogen-bond acceptors (Lipinski definition) is 9. The molecular formula is C22H17N3O6. The third-order valence-corrected chi connectivity index (χ3v) is 5.23. The summed E-state index contributed by atoms with van der Waals surface area (Å²) in [5, 5.41) is 50.7. The van der Waals surface area contributed by atoms with Gasteiger partial charge in [-0.2, -0.15) is 0 Å². The molecule has 0 radical (unpaired) electrons. The second-order valence-corrected chi connectivity index (χ2v) is 7.24. The fraction of sp³-hybridized carbons (Fsp3) is 0.136. The van der Waals surface area contributed by atoms with Gasteiger partial charge in [-0.3, -0.25) is 0 Å². The van der Waals surface area contributed by atoms with Gasteiger partial charge in [0.2, 0.25) is 17.2 Å². The number of aromatic hydroxyl groups is 5. The van der Waals surface area contributed by atoms with E-state index >= 15 is 0 Å². The quantitative estimate of drug-likeness (QED) is 0.241. The van der Waals surface area contributed by atoms with E-state index in [0.29, 0.717) is 11.1 Å². The number of aromatic nitrogens is 3. The molecule has 2 aromatic carbocycles. The zero-order valence-electron chi connectivity index (χ0n) is 16.3. The Bertz CT molecular complexity index is 1380. The number of furan rings is 1. The largest absolute Gasteiger partial charge is 0.504 e. The standard InChI is InChI=1S/C22H17N3O6/c1-9-23-21(10-6-7-12-11-4-2-3-5-13(11)31-14(12)8-10)25-22(24-9)15-16(26)18(28)20(30)19(29)17(15)27/h2,4,6-8,26-30H,3,5H2,1H3. The molecule has 0 amide bonds. The van der Waals surface area contributed by atoms with Crippen LogP contribution in [0, 0.1) is 6.92 Å². The normalized spacial score (nSPS) is 12.9. The van der Waals surface area contributed by atoms with Crippen molar-refractivity contribution in [3.63, 3.8) is 0 Å². The predicted molar refractivity (Wildman–Crippen MR) is 111 cm³/mol. The summed E-state index contributed by atoms with van der Waals surface area (Å²) in [5.41, 5.74) is 1.92. The first-order valence-electron chi connectivity index (χ1n) is 9.49. The summed E-state index contributed by atoms with van der Waals surface area (Å²) in [5.74, 6) is -3.55. The van der Waals surface area contributed by atoms with Crippen molar-refractivity contribution in [1.82, 2.24) is 15.0 Å². The van der Waals surface area contributed by atoms with Gasteiger partial charge in [0, 0.05) is 22.9 Å². The van der Waals surface area contributed by atoms with Crippen molar-refractivity contribution < 1.29 is 29.9 Å². The maximum atomic E-state index is 10.2. The highest BCUT2D eigenvalue weighted by Crippen LogP contribution is 2.54. The van der Waals surface area contributed by atoms with Crippen molar-refractivity contribution in [2.75, 3.05) is 0 Å². The Balaban J connectivity index is 1.68. The molecule has 0 spiro atoms. The first-order chi connectivity index (χ1) is 14.8. The summed E-state index contributed by atoms with van der Waals surface area (Å²) < 4.78 is 5.98. The Kier molecular flexibility index (Phi) is 4.01. The van der Waals surface area contributed by atoms with E-state index in [1.807, 2.05) is 18.2 Å². The van der Waals surface area contributed by atoms with Gasteiger partial charge in [0.25, 0.3) is 0 Å². The molecule has 0 saturated heterocycles. The lowest BCUT2D eigenvalue weighted by Crippen LogP contribution is -2.00. The van der Waals surface area contributed by atoms with Crippen molar-refractivity contribution in [1.29, 1.82) is 0 Å². The van der Waals surface area contributed by atoms with Crippen LogP contribution < -0.4 is 0 Å². The van der Waals surface area contributed by atoms with E-state index in [1.54, 1.807) is 13.0 Å². The van der Waals surface area contributed by atoms with E-state index in [0.717, 1.165) is 29.6 Å². The molecule has 9 nitrogen and oxygen atoms in total. The molecule has 0 atom stereocenters. The molecule has 0 aliphatic heterocycles. The Morgan fingerprint density at radius 1 is 0.839 bits per heavy atom. The minimum Gasteiger partial charge on any atom is -0.504 e. The number of fused-ring (bicyclic) bond motifs is 3. The van der Waals surface area contributed by atoms with Gasteiger partial charge in [-0.1, -0.05) is 18.2 Å². The van der Waals surface area contributed by atoms with Crippen LogP contribution in [0.15, 0.2) is 28.7 Å². The van der Waals surface area contributed by atoms with Crippen LogP contribution in [0.3, 0.4) is 0 Å². The van der Waals surface area contributed by atoms with Crippen molar-refractivity contribution in [3.05, 3.63) is 41.4 Å². The van der Waals surface area contributed by atoms with Crippen molar-refractivity contribution >= 4 is 17.0 Å². The molecule has 2 heterocycles. The summed E-state index contributed by atoms with van der Waals surface area (Å²) in [7, 11) is 0. The maximum absolute atomic E-state index is 10.2. The predicted octanol–water partition coefficient (Wildman–Crippen LogP) is 3.75. The summed E-state index contributed by atoms with van der Waals surface area (Å²) >= 11 is 0. The number of allylic oxidation sites excluding steroid dienone is 1. The highest BCUT2D eigenvalue weighted by atomic mass is 16.4. The van der Waals surface area contributed by atoms with Crippen LogP contribution in [-0.2, 0) is 6.42 Å². The van der Waals surface area contributed by atoms with E-state index in [4.69, 9.17) is 4.42 Å².